The van der Waals surface area contributed by atoms with E-state index < -0.39 is 5.97 Å². The summed E-state index contributed by atoms with van der Waals surface area (Å²) < 4.78 is 4.63. The smallest absolute Gasteiger partial charge is 0.337 e. The summed E-state index contributed by atoms with van der Waals surface area (Å²) in [7, 11) is 1.30. The van der Waals surface area contributed by atoms with E-state index in [0.29, 0.717) is 27.0 Å². The van der Waals surface area contributed by atoms with Crippen LogP contribution in [0.1, 0.15) is 10.4 Å². The Morgan fingerprint density at radius 3 is 2.39 bits per heavy atom. The van der Waals surface area contributed by atoms with Crippen molar-refractivity contribution in [2.24, 2.45) is 0 Å². The first-order valence-electron chi connectivity index (χ1n) is 6.66. The van der Waals surface area contributed by atoms with Crippen molar-refractivity contribution >= 4 is 46.5 Å². The van der Waals surface area contributed by atoms with Gasteiger partial charge < -0.3 is 15.4 Å². The number of hydrogen-bond donors (Lipinski definition) is 2. The molecule has 0 saturated heterocycles. The summed E-state index contributed by atoms with van der Waals surface area (Å²) in [5.41, 5.74) is 1.50. The average Bonchev–Trinajstić information content (AvgIpc) is 2.51. The Morgan fingerprint density at radius 1 is 1.04 bits per heavy atom. The molecular weight excluding hydrogens is 339 g/mol. The van der Waals surface area contributed by atoms with E-state index in [-0.39, 0.29) is 12.5 Å². The van der Waals surface area contributed by atoms with Crippen LogP contribution in [0.25, 0.3) is 0 Å². The molecule has 0 aromatic heterocycles. The van der Waals surface area contributed by atoms with Gasteiger partial charge in [-0.15, -0.1) is 0 Å². The maximum absolute atomic E-state index is 12.0. The molecule has 0 spiro atoms. The maximum Gasteiger partial charge on any atom is 0.337 e. The zero-order valence-corrected chi connectivity index (χ0v) is 13.7. The van der Waals surface area contributed by atoms with E-state index in [4.69, 9.17) is 23.2 Å². The van der Waals surface area contributed by atoms with Gasteiger partial charge in [-0.1, -0.05) is 29.3 Å². The Bertz CT molecular complexity index is 715. The summed E-state index contributed by atoms with van der Waals surface area (Å²) in [6.07, 6.45) is 0. The lowest BCUT2D eigenvalue weighted by Gasteiger charge is -2.09. The minimum absolute atomic E-state index is 0.0269. The Morgan fingerprint density at radius 2 is 1.74 bits per heavy atom. The number of nitrogens with one attached hydrogen (secondary N) is 2. The fraction of sp³-hybridized carbons (Fsp3) is 0.125. The number of rotatable bonds is 5. The molecule has 2 aromatic rings. The van der Waals surface area contributed by atoms with E-state index in [9.17, 15) is 9.59 Å². The van der Waals surface area contributed by atoms with Crippen molar-refractivity contribution in [1.82, 2.24) is 0 Å². The van der Waals surface area contributed by atoms with E-state index in [2.05, 4.69) is 15.4 Å². The van der Waals surface area contributed by atoms with Gasteiger partial charge in [0.05, 0.1) is 19.2 Å². The van der Waals surface area contributed by atoms with Gasteiger partial charge in [0, 0.05) is 21.4 Å². The second-order valence-corrected chi connectivity index (χ2v) is 5.51. The monoisotopic (exact) mass is 352 g/mol. The molecule has 23 heavy (non-hydrogen) atoms. The molecule has 0 saturated carbocycles. The first-order chi connectivity index (χ1) is 11.0. The van der Waals surface area contributed by atoms with Gasteiger partial charge in [-0.2, -0.15) is 0 Å². The molecule has 0 bridgehead atoms. The Balaban J connectivity index is 1.96. The molecule has 5 nitrogen and oxygen atoms in total. The highest BCUT2D eigenvalue weighted by molar-refractivity contribution is 6.35. The van der Waals surface area contributed by atoms with Crippen LogP contribution in [0.15, 0.2) is 42.5 Å². The summed E-state index contributed by atoms with van der Waals surface area (Å²) in [5.74, 6) is -0.740. The number of carbonyl (C=O) groups excluding carboxylic acids is 2. The van der Waals surface area contributed by atoms with Crippen molar-refractivity contribution in [3.05, 3.63) is 58.1 Å². The lowest BCUT2D eigenvalue weighted by atomic mass is 10.2. The number of esters is 1. The molecule has 0 aliphatic heterocycles. The number of amides is 1. The predicted octanol–water partition coefficient (Wildman–Crippen LogP) is 3.83. The van der Waals surface area contributed by atoms with Crippen LogP contribution < -0.4 is 10.6 Å². The standard InChI is InChI=1S/C16H14Cl2N2O3/c1-23-16(22)10-3-2-4-13(5-10)20-15(21)9-19-14-7-11(17)6-12(18)8-14/h2-8,19H,9H2,1H3,(H,20,21). The SMILES string of the molecule is COC(=O)c1cccc(NC(=O)CNc2cc(Cl)cc(Cl)c2)c1. The summed E-state index contributed by atoms with van der Waals surface area (Å²) in [6.45, 7) is 0.0269. The van der Waals surface area contributed by atoms with Crippen LogP contribution in [-0.4, -0.2) is 25.5 Å². The third-order valence-electron chi connectivity index (χ3n) is 2.88. The average molecular weight is 353 g/mol. The van der Waals surface area contributed by atoms with E-state index in [1.165, 1.54) is 7.11 Å². The molecule has 0 heterocycles. The number of ether oxygens (including phenoxy) is 1. The van der Waals surface area contributed by atoms with Crippen molar-refractivity contribution in [1.29, 1.82) is 0 Å². The van der Waals surface area contributed by atoms with Crippen LogP contribution in [-0.2, 0) is 9.53 Å². The molecule has 2 aromatic carbocycles. The maximum atomic E-state index is 12.0. The summed E-state index contributed by atoms with van der Waals surface area (Å²) >= 11 is 11.8. The van der Waals surface area contributed by atoms with Crippen molar-refractivity contribution < 1.29 is 14.3 Å². The van der Waals surface area contributed by atoms with Gasteiger partial charge in [0.1, 0.15) is 0 Å². The number of benzene rings is 2. The van der Waals surface area contributed by atoms with Gasteiger partial charge in [0.15, 0.2) is 0 Å². The van der Waals surface area contributed by atoms with Crippen molar-refractivity contribution in [2.45, 2.75) is 0 Å². The number of carbonyl (C=O) groups is 2. The second-order valence-electron chi connectivity index (χ2n) is 4.63. The largest absolute Gasteiger partial charge is 0.465 e. The van der Waals surface area contributed by atoms with Crippen LogP contribution in [0.2, 0.25) is 10.0 Å². The summed E-state index contributed by atoms with van der Waals surface area (Å²) in [6, 6.07) is 11.4. The molecular formula is C16H14Cl2N2O3. The van der Waals surface area contributed by atoms with E-state index in [1.807, 2.05) is 0 Å². The molecule has 0 atom stereocenters. The molecule has 0 unspecified atom stereocenters. The van der Waals surface area contributed by atoms with E-state index in [1.54, 1.807) is 42.5 Å². The van der Waals surface area contributed by atoms with E-state index in [0.717, 1.165) is 0 Å². The molecule has 1 amide bonds. The Labute approximate surface area is 143 Å². The van der Waals surface area contributed by atoms with Crippen molar-refractivity contribution in [2.75, 3.05) is 24.3 Å². The molecule has 0 fully saturated rings. The zero-order chi connectivity index (χ0) is 16.8. The molecule has 120 valence electrons. The van der Waals surface area contributed by atoms with Crippen LogP contribution in [0, 0.1) is 0 Å². The fourth-order valence-corrected chi connectivity index (χ4v) is 2.41. The third kappa shape index (κ3) is 5.16. The quantitative estimate of drug-likeness (QED) is 0.802. The van der Waals surface area contributed by atoms with Crippen LogP contribution in [0.4, 0.5) is 11.4 Å². The van der Waals surface area contributed by atoms with Crippen LogP contribution in [0.3, 0.4) is 0 Å². The summed E-state index contributed by atoms with van der Waals surface area (Å²) in [4.78, 5) is 23.4. The van der Waals surface area contributed by atoms with Gasteiger partial charge in [-0.3, -0.25) is 4.79 Å². The molecule has 2 N–H and O–H groups in total. The normalized spacial score (nSPS) is 10.0. The van der Waals surface area contributed by atoms with Gasteiger partial charge in [0.2, 0.25) is 5.91 Å². The first-order valence-corrected chi connectivity index (χ1v) is 7.42. The third-order valence-corrected chi connectivity index (χ3v) is 3.32. The second kappa shape index (κ2) is 7.85. The molecule has 0 radical (unpaired) electrons. The topological polar surface area (TPSA) is 67.4 Å². The van der Waals surface area contributed by atoms with Gasteiger partial charge in [0.25, 0.3) is 0 Å². The van der Waals surface area contributed by atoms with E-state index >= 15 is 0 Å². The van der Waals surface area contributed by atoms with Crippen molar-refractivity contribution in [3.63, 3.8) is 0 Å². The molecule has 0 aliphatic carbocycles. The van der Waals surface area contributed by atoms with Gasteiger partial charge in [-0.25, -0.2) is 4.79 Å². The number of anilines is 2. The molecule has 0 aliphatic rings. The first kappa shape index (κ1) is 17.1. The molecule has 7 heteroatoms. The fourth-order valence-electron chi connectivity index (χ4n) is 1.89. The number of methoxy groups -OCH3 is 1. The minimum atomic E-state index is -0.465. The van der Waals surface area contributed by atoms with Gasteiger partial charge in [-0.05, 0) is 36.4 Å². The number of hydrogen-bond acceptors (Lipinski definition) is 4. The Kier molecular flexibility index (Phi) is 5.84. The number of halogens is 2. The molecule has 2 rings (SSSR count). The van der Waals surface area contributed by atoms with Gasteiger partial charge >= 0.3 is 5.97 Å². The summed E-state index contributed by atoms with van der Waals surface area (Å²) in [5, 5.41) is 6.56. The van der Waals surface area contributed by atoms with Crippen LogP contribution >= 0.6 is 23.2 Å². The predicted molar refractivity (Wildman–Crippen MR) is 91.4 cm³/mol. The Hall–Kier alpha value is -2.24. The lowest BCUT2D eigenvalue weighted by molar-refractivity contribution is -0.114. The highest BCUT2D eigenvalue weighted by Crippen LogP contribution is 2.22. The highest BCUT2D eigenvalue weighted by atomic mass is 35.5. The lowest BCUT2D eigenvalue weighted by Crippen LogP contribution is -2.21. The van der Waals surface area contributed by atoms with Crippen LogP contribution in [0.5, 0.6) is 0 Å². The highest BCUT2D eigenvalue weighted by Gasteiger charge is 2.08. The van der Waals surface area contributed by atoms with Crippen molar-refractivity contribution in [3.8, 4) is 0 Å². The minimum Gasteiger partial charge on any atom is -0.465 e. The zero-order valence-electron chi connectivity index (χ0n) is 12.2.